The van der Waals surface area contributed by atoms with E-state index in [1.807, 2.05) is 0 Å². The van der Waals surface area contributed by atoms with Crippen LogP contribution in [-0.4, -0.2) is 38.2 Å². The van der Waals surface area contributed by atoms with Crippen LogP contribution in [0.2, 0.25) is 0 Å². The lowest BCUT2D eigenvalue weighted by Gasteiger charge is -2.89. The summed E-state index contributed by atoms with van der Waals surface area (Å²) in [6.45, 7) is 0. The smallest absolute Gasteiger partial charge is 0.263 e. The normalized spacial score (nSPS) is 57.5. The van der Waals surface area contributed by atoms with Crippen molar-refractivity contribution in [1.82, 2.24) is 20.6 Å². The van der Waals surface area contributed by atoms with E-state index in [0.717, 1.165) is 24.7 Å². The minimum atomic E-state index is -0.769. The number of nitrogens with one attached hydrogen (secondary N) is 2. The van der Waals surface area contributed by atoms with Gasteiger partial charge in [-0.25, -0.2) is 0 Å². The van der Waals surface area contributed by atoms with Crippen molar-refractivity contribution in [3.05, 3.63) is 0 Å². The second kappa shape index (κ2) is 4.16. The van der Waals surface area contributed by atoms with Gasteiger partial charge >= 0.3 is 0 Å². The number of nitrogens with zero attached hydrogens (tertiary/aromatic N) is 3. The molecule has 9 heteroatoms. The number of fused-ring (bicyclic) bond motifs is 2. The van der Waals surface area contributed by atoms with Gasteiger partial charge in [0.1, 0.15) is 0 Å². The Balaban J connectivity index is 1.01. The molecular formula is C16H21N5O4. The zero-order chi connectivity index (χ0) is 16.3. The summed E-state index contributed by atoms with van der Waals surface area (Å²) >= 11 is 0. The lowest BCUT2D eigenvalue weighted by Crippen LogP contribution is -2.92. The molecule has 2 heterocycles. The van der Waals surface area contributed by atoms with Crippen LogP contribution in [0.1, 0.15) is 44.9 Å². The highest BCUT2D eigenvalue weighted by atomic mass is 17.4. The van der Waals surface area contributed by atoms with Crippen LogP contribution in [-0.2, 0) is 19.6 Å². The highest BCUT2D eigenvalue weighted by molar-refractivity contribution is 5.35. The lowest BCUT2D eigenvalue weighted by atomic mass is 9.16. The summed E-state index contributed by atoms with van der Waals surface area (Å²) in [5, 5.41) is 17.1. The van der Waals surface area contributed by atoms with Crippen LogP contribution in [0.5, 0.6) is 0 Å². The minimum absolute atomic E-state index is 0.271. The third-order valence-electron chi connectivity index (χ3n) is 8.28. The van der Waals surface area contributed by atoms with Crippen LogP contribution in [0.25, 0.3) is 0 Å². The Kier molecular flexibility index (Phi) is 2.31. The highest BCUT2D eigenvalue weighted by Crippen LogP contribution is 2.91. The highest BCUT2D eigenvalue weighted by Gasteiger charge is 2.93. The molecule has 1 aliphatic heterocycles. The van der Waals surface area contributed by atoms with Crippen LogP contribution in [0.15, 0.2) is 0 Å². The van der Waals surface area contributed by atoms with Crippen LogP contribution in [0, 0.1) is 29.1 Å². The van der Waals surface area contributed by atoms with Crippen molar-refractivity contribution in [3.8, 4) is 0 Å². The minimum Gasteiger partial charge on any atom is -0.349 e. The van der Waals surface area contributed by atoms with Gasteiger partial charge in [0.25, 0.3) is 5.95 Å². The van der Waals surface area contributed by atoms with Crippen LogP contribution < -0.4 is 5.32 Å². The number of hydrogen-bond donors (Lipinski definition) is 2. The van der Waals surface area contributed by atoms with Gasteiger partial charge in [0, 0.05) is 30.7 Å². The summed E-state index contributed by atoms with van der Waals surface area (Å²) in [6, 6.07) is 0.271. The number of aromatic amines is 1. The maximum absolute atomic E-state index is 5.96. The average Bonchev–Trinajstić information content (AvgIpc) is 3.08. The van der Waals surface area contributed by atoms with E-state index in [2.05, 4.69) is 25.9 Å². The zero-order valence-electron chi connectivity index (χ0n) is 13.8. The van der Waals surface area contributed by atoms with E-state index in [1.165, 1.54) is 19.3 Å². The number of aromatic nitrogens is 4. The van der Waals surface area contributed by atoms with Gasteiger partial charge in [-0.05, 0) is 54.6 Å². The zero-order valence-corrected chi connectivity index (χ0v) is 13.8. The molecule has 4 unspecified atom stereocenters. The van der Waals surface area contributed by atoms with Crippen molar-refractivity contribution in [3.63, 3.8) is 0 Å². The van der Waals surface area contributed by atoms with Crippen molar-refractivity contribution in [2.75, 3.05) is 5.32 Å². The second-order valence-electron chi connectivity index (χ2n) is 8.83. The van der Waals surface area contributed by atoms with Crippen LogP contribution >= 0.6 is 0 Å². The summed E-state index contributed by atoms with van der Waals surface area (Å²) < 4.78 is 0. The summed E-state index contributed by atoms with van der Waals surface area (Å²) in [6.07, 6.45) is 7.01. The van der Waals surface area contributed by atoms with Gasteiger partial charge < -0.3 is 5.32 Å². The number of rotatable bonds is 2. The molecule has 7 rings (SSSR count). The first-order chi connectivity index (χ1) is 12.3. The topological polar surface area (TPSA) is 103 Å². The Labute approximate surface area is 144 Å². The van der Waals surface area contributed by atoms with E-state index in [4.69, 9.17) is 19.6 Å². The maximum atomic E-state index is 5.96. The number of H-pyrrole nitrogens is 1. The number of hydrogen-bond acceptors (Lipinski definition) is 8. The molecule has 25 heavy (non-hydrogen) atoms. The maximum Gasteiger partial charge on any atom is 0.263 e. The molecule has 0 aromatic carbocycles. The number of anilines is 1. The SMILES string of the molecule is C1CC2(CCC1Nc1nn[nH]n1)OOC1(OO2)C2CC3CC4CC1C342. The molecule has 2 N–H and O–H groups in total. The summed E-state index contributed by atoms with van der Waals surface area (Å²) in [7, 11) is 0. The van der Waals surface area contributed by atoms with Gasteiger partial charge in [0.15, 0.2) is 0 Å². The van der Waals surface area contributed by atoms with Gasteiger partial charge in [0.05, 0.1) is 0 Å². The Hall–Kier alpha value is -1.29. The van der Waals surface area contributed by atoms with Crippen molar-refractivity contribution in [2.24, 2.45) is 29.1 Å². The molecule has 9 nitrogen and oxygen atoms in total. The van der Waals surface area contributed by atoms with Crippen molar-refractivity contribution < 1.29 is 19.6 Å². The molecule has 6 aliphatic rings. The first kappa shape index (κ1) is 13.9. The van der Waals surface area contributed by atoms with Gasteiger partial charge in [0.2, 0.25) is 11.6 Å². The van der Waals surface area contributed by atoms with Gasteiger partial charge in [-0.2, -0.15) is 24.8 Å². The Morgan fingerprint density at radius 3 is 2.28 bits per heavy atom. The average molecular weight is 347 g/mol. The fourth-order valence-electron chi connectivity index (χ4n) is 7.05. The standard InChI is InChI=1S/C16H21N5O4/c1-3-14(4-2-10(1)17-13-18-20-21-19-13)22-24-16(25-23-14)11-6-8-5-9-7-12(16)15(8,9)11/h8-12H,1-7H2,(H2,17,18,19,20,21). The van der Waals surface area contributed by atoms with Gasteiger partial charge in [-0.15, -0.1) is 5.10 Å². The molecule has 1 aromatic rings. The molecule has 4 atom stereocenters. The predicted octanol–water partition coefficient (Wildman–Crippen LogP) is 1.53. The summed E-state index contributed by atoms with van der Waals surface area (Å²) in [5.41, 5.74) is 0.545. The molecule has 134 valence electrons. The van der Waals surface area contributed by atoms with Crippen molar-refractivity contribution in [1.29, 1.82) is 0 Å². The van der Waals surface area contributed by atoms with Gasteiger partial charge in [-0.1, -0.05) is 5.10 Å². The fraction of sp³-hybridized carbons (Fsp3) is 0.938. The molecular weight excluding hydrogens is 326 g/mol. The Morgan fingerprint density at radius 2 is 1.68 bits per heavy atom. The first-order valence-electron chi connectivity index (χ1n) is 9.49. The van der Waals surface area contributed by atoms with Gasteiger partial charge in [-0.3, -0.25) is 0 Å². The fourth-order valence-corrected chi connectivity index (χ4v) is 7.05. The van der Waals surface area contributed by atoms with Crippen LogP contribution in [0.3, 0.4) is 0 Å². The molecule has 1 aromatic heterocycles. The predicted molar refractivity (Wildman–Crippen MR) is 80.1 cm³/mol. The van der Waals surface area contributed by atoms with E-state index in [9.17, 15) is 0 Å². The first-order valence-corrected chi connectivity index (χ1v) is 9.49. The molecule has 6 fully saturated rings. The Morgan fingerprint density at radius 1 is 0.960 bits per heavy atom. The Bertz CT molecular complexity index is 684. The van der Waals surface area contributed by atoms with E-state index >= 15 is 0 Å². The molecule has 0 radical (unpaired) electrons. The van der Waals surface area contributed by atoms with E-state index in [1.54, 1.807) is 0 Å². The van der Waals surface area contributed by atoms with E-state index in [-0.39, 0.29) is 6.04 Å². The summed E-state index contributed by atoms with van der Waals surface area (Å²) in [4.78, 5) is 23.7. The molecule has 3 spiro atoms. The third kappa shape index (κ3) is 1.39. The monoisotopic (exact) mass is 347 g/mol. The lowest BCUT2D eigenvalue weighted by molar-refractivity contribution is -0.724. The van der Waals surface area contributed by atoms with Crippen molar-refractivity contribution >= 4 is 5.95 Å². The largest absolute Gasteiger partial charge is 0.349 e. The molecule has 5 saturated carbocycles. The molecule has 5 aliphatic carbocycles. The quantitative estimate of drug-likeness (QED) is 0.777. The third-order valence-corrected chi connectivity index (χ3v) is 8.28. The van der Waals surface area contributed by atoms with Crippen molar-refractivity contribution in [2.45, 2.75) is 62.6 Å². The van der Waals surface area contributed by atoms with Crippen LogP contribution in [0.4, 0.5) is 5.95 Å². The second-order valence-corrected chi connectivity index (χ2v) is 8.83. The molecule has 1 saturated heterocycles. The molecule has 0 amide bonds. The molecule has 0 bridgehead atoms. The van der Waals surface area contributed by atoms with E-state index < -0.39 is 11.6 Å². The number of tetrazole rings is 1. The van der Waals surface area contributed by atoms with E-state index in [0.29, 0.717) is 36.0 Å². The summed E-state index contributed by atoms with van der Waals surface area (Å²) in [5.74, 6) is 1.95.